The predicted molar refractivity (Wildman–Crippen MR) is 241 cm³/mol. The van der Waals surface area contributed by atoms with E-state index >= 15 is 4.39 Å². The maximum atomic E-state index is 18.2. The molecule has 1 saturated carbocycles. The van der Waals surface area contributed by atoms with Gasteiger partial charge >= 0.3 is 12.2 Å². The van der Waals surface area contributed by atoms with Gasteiger partial charge in [0.25, 0.3) is 0 Å². The van der Waals surface area contributed by atoms with Crippen LogP contribution in [0.15, 0.2) is 42.5 Å². The Kier molecular flexibility index (Phi) is 12.3. The van der Waals surface area contributed by atoms with Crippen molar-refractivity contribution in [3.8, 4) is 40.7 Å². The second-order valence-corrected chi connectivity index (χ2v) is 24.2. The number of anilines is 1. The molecular weight excluding hydrogens is 806 g/mol. The molecule has 12 nitrogen and oxygen atoms in total. The number of nitrogens with zero attached hydrogens (tertiary/aromatic N) is 5. The summed E-state index contributed by atoms with van der Waals surface area (Å²) in [7, 11) is -0.222. The van der Waals surface area contributed by atoms with E-state index in [1.54, 1.807) is 32.9 Å². The maximum absolute atomic E-state index is 18.2. The van der Waals surface area contributed by atoms with Crippen LogP contribution in [0.3, 0.4) is 0 Å². The van der Waals surface area contributed by atoms with Crippen molar-refractivity contribution < 1.29 is 38.1 Å². The molecule has 0 spiro atoms. The first-order valence-electron chi connectivity index (χ1n) is 21.5. The summed E-state index contributed by atoms with van der Waals surface area (Å²) in [6, 6.07) is 13.2. The first kappa shape index (κ1) is 44.6. The lowest BCUT2D eigenvalue weighted by atomic mass is 9.78. The molecule has 4 heterocycles. The molecular formula is C48H58FN5O7Si. The number of rotatable bonds is 10. The van der Waals surface area contributed by atoms with E-state index in [2.05, 4.69) is 56.7 Å². The molecule has 0 radical (unpaired) electrons. The summed E-state index contributed by atoms with van der Waals surface area (Å²) in [6.45, 7) is 17.3. The predicted octanol–water partition coefficient (Wildman–Crippen LogP) is 9.69. The third-order valence-electron chi connectivity index (χ3n) is 13.1. The van der Waals surface area contributed by atoms with Crippen molar-refractivity contribution in [1.82, 2.24) is 14.8 Å². The van der Waals surface area contributed by atoms with Crippen LogP contribution in [-0.4, -0.2) is 103 Å². The number of likely N-dealkylation sites (N-methyl/N-ethyl adjacent to an activating group) is 1. The highest BCUT2D eigenvalue weighted by Crippen LogP contribution is 2.50. The number of fused-ring (bicyclic) bond motifs is 3. The summed E-state index contributed by atoms with van der Waals surface area (Å²) in [5.41, 5.74) is 0.352. The zero-order valence-corrected chi connectivity index (χ0v) is 38.3. The van der Waals surface area contributed by atoms with E-state index in [1.165, 1.54) is 15.9 Å². The fraction of sp³-hybridized carbons (Fsp3) is 0.500. The molecule has 3 unspecified atom stereocenters. The molecule has 2 amide bonds. The fourth-order valence-electron chi connectivity index (χ4n) is 8.81. The number of pyridine rings is 1. The summed E-state index contributed by atoms with van der Waals surface area (Å²) >= 11 is 0. The monoisotopic (exact) mass is 863 g/mol. The molecule has 4 aromatic rings. The molecule has 1 aromatic heterocycles. The van der Waals surface area contributed by atoms with Gasteiger partial charge in [0.2, 0.25) is 5.88 Å². The van der Waals surface area contributed by atoms with Crippen LogP contribution in [-0.2, 0) is 15.6 Å². The Bertz CT molecular complexity index is 2520. The Labute approximate surface area is 364 Å². The van der Waals surface area contributed by atoms with Gasteiger partial charge in [0, 0.05) is 35.9 Å². The Morgan fingerprint density at radius 2 is 1.84 bits per heavy atom. The van der Waals surface area contributed by atoms with Crippen molar-refractivity contribution in [2.75, 3.05) is 38.3 Å². The largest absolute Gasteiger partial charge is 0.508 e. The summed E-state index contributed by atoms with van der Waals surface area (Å²) in [6.07, 6.45) is 0.727. The molecule has 4 atom stereocenters. The van der Waals surface area contributed by atoms with Crippen LogP contribution in [0, 0.1) is 34.9 Å². The molecule has 2 bridgehead atoms. The molecule has 1 aliphatic carbocycles. The molecule has 14 heteroatoms. The minimum absolute atomic E-state index is 0.0124. The van der Waals surface area contributed by atoms with Crippen LogP contribution in [0.1, 0.15) is 78.4 Å². The Morgan fingerprint density at radius 1 is 1.10 bits per heavy atom. The second-order valence-electron chi connectivity index (χ2n) is 19.4. The van der Waals surface area contributed by atoms with E-state index in [4.69, 9.17) is 18.9 Å². The number of phenolic OH excluding ortho intramolecular Hbond substituents is 1. The third-order valence-corrected chi connectivity index (χ3v) is 17.6. The number of ether oxygens (including phenoxy) is 2. The molecule has 3 saturated heterocycles. The van der Waals surface area contributed by atoms with Crippen molar-refractivity contribution in [3.05, 3.63) is 59.4 Å². The van der Waals surface area contributed by atoms with E-state index in [9.17, 15) is 25.1 Å². The first-order chi connectivity index (χ1) is 29.2. The van der Waals surface area contributed by atoms with E-state index in [-0.39, 0.29) is 88.9 Å². The van der Waals surface area contributed by atoms with Gasteiger partial charge in [-0.2, -0.15) is 5.26 Å². The number of aromatic hydroxyl groups is 1. The van der Waals surface area contributed by atoms with Gasteiger partial charge in [-0.3, -0.25) is 4.90 Å². The van der Waals surface area contributed by atoms with Gasteiger partial charge in [-0.25, -0.2) is 19.0 Å². The molecule has 4 fully saturated rings. The normalized spacial score (nSPS) is 20.1. The quantitative estimate of drug-likeness (QED) is 0.117. The van der Waals surface area contributed by atoms with Crippen LogP contribution in [0.5, 0.6) is 11.6 Å². The average Bonchev–Trinajstić information content (AvgIpc) is 3.92. The van der Waals surface area contributed by atoms with Crippen LogP contribution in [0.4, 0.5) is 19.7 Å². The number of aromatic nitrogens is 1. The number of carboxylic acid groups (broad SMARTS) is 1. The number of likely N-dealkylation sites (tertiary alicyclic amines) is 1. The Morgan fingerprint density at radius 3 is 2.48 bits per heavy atom. The molecule has 328 valence electrons. The van der Waals surface area contributed by atoms with Crippen molar-refractivity contribution >= 4 is 47.9 Å². The molecule has 3 aliphatic heterocycles. The number of benzene rings is 3. The third kappa shape index (κ3) is 8.65. The average molecular weight is 864 g/mol. The maximum Gasteiger partial charge on any atom is 0.415 e. The molecule has 4 aliphatic rings. The minimum Gasteiger partial charge on any atom is -0.508 e. The lowest BCUT2D eigenvalue weighted by molar-refractivity contribution is 0.0517. The Balaban J connectivity index is 1.56. The lowest BCUT2D eigenvalue weighted by Crippen LogP contribution is -2.58. The summed E-state index contributed by atoms with van der Waals surface area (Å²) in [4.78, 5) is 37.5. The van der Waals surface area contributed by atoms with E-state index < -0.39 is 44.0 Å². The molecule has 2 N–H and O–H groups in total. The highest BCUT2D eigenvalue weighted by Gasteiger charge is 2.59. The van der Waals surface area contributed by atoms with Crippen molar-refractivity contribution in [1.29, 1.82) is 5.26 Å². The standard InChI is InChI=1S/C48H58FN5O7Si/c1-47(2,3)61-46(58)54(42-31-25-38(42)53(27-31)45(56)57)43-35(19-14-22-60-62(8,9)48(4,5)6)44(59-28-32-17-13-21-52(32)7)51-41-37(43)24-30(16-12-20-50)39(40(41)49)36-26-33(55)23-29-15-10-11-18-34(29)36/h10-11,15,18,23-24,26,31-32,38,42,55H,12-13,16-17,21-22,25,27-28H2,1-9H3,(H,56,57)/t31?,32-,38?,42?/m0/s1. The van der Waals surface area contributed by atoms with Crippen LogP contribution >= 0.6 is 0 Å². The number of carbonyl (C=O) groups excluding carboxylic acids is 1. The number of hydrogen-bond donors (Lipinski definition) is 2. The van der Waals surface area contributed by atoms with E-state index in [0.717, 1.165) is 19.4 Å². The number of hydrogen-bond acceptors (Lipinski definition) is 9. The minimum atomic E-state index is -2.25. The van der Waals surface area contributed by atoms with Gasteiger partial charge in [-0.1, -0.05) is 56.9 Å². The van der Waals surface area contributed by atoms with Gasteiger partial charge < -0.3 is 33.9 Å². The summed E-state index contributed by atoms with van der Waals surface area (Å²) in [5.74, 6) is 5.47. The zero-order chi connectivity index (χ0) is 44.9. The van der Waals surface area contributed by atoms with Gasteiger partial charge in [-0.05, 0) is 118 Å². The lowest BCUT2D eigenvalue weighted by Gasteiger charge is -2.44. The van der Waals surface area contributed by atoms with Crippen LogP contribution < -0.4 is 9.64 Å². The van der Waals surface area contributed by atoms with E-state index in [0.29, 0.717) is 28.3 Å². The van der Waals surface area contributed by atoms with Crippen LogP contribution in [0.25, 0.3) is 32.8 Å². The summed E-state index contributed by atoms with van der Waals surface area (Å²) < 4.78 is 37.4. The number of phenols is 1. The number of halogens is 1. The number of carbonyl (C=O) groups is 2. The fourth-order valence-corrected chi connectivity index (χ4v) is 9.68. The van der Waals surface area contributed by atoms with Gasteiger partial charge in [0.1, 0.15) is 29.0 Å². The van der Waals surface area contributed by atoms with Crippen molar-refractivity contribution in [3.63, 3.8) is 0 Å². The van der Waals surface area contributed by atoms with E-state index in [1.807, 2.05) is 31.3 Å². The number of nitriles is 1. The molecule has 62 heavy (non-hydrogen) atoms. The number of amides is 2. The van der Waals surface area contributed by atoms with Crippen molar-refractivity contribution in [2.24, 2.45) is 5.92 Å². The first-order valence-corrected chi connectivity index (χ1v) is 24.4. The van der Waals surface area contributed by atoms with Gasteiger partial charge in [0.05, 0.1) is 30.4 Å². The number of aryl methyl sites for hydroxylation is 1. The van der Waals surface area contributed by atoms with Gasteiger partial charge in [0.15, 0.2) is 14.1 Å². The van der Waals surface area contributed by atoms with Gasteiger partial charge in [-0.15, -0.1) is 0 Å². The smallest absolute Gasteiger partial charge is 0.415 e. The Hall–Kier alpha value is -5.41. The highest BCUT2D eigenvalue weighted by molar-refractivity contribution is 6.74. The topological polar surface area (TPSA) is 149 Å². The molecule has 8 rings (SSSR count). The van der Waals surface area contributed by atoms with Crippen LogP contribution in [0.2, 0.25) is 18.1 Å². The van der Waals surface area contributed by atoms with Crippen molar-refractivity contribution in [2.45, 2.75) is 116 Å². The SMILES string of the molecule is CN1CCC[C@H]1COc1nc2c(F)c(-c3cc(O)cc4ccccc34)c(CCC#N)cc2c(N(C(=O)OC(C)(C)C)C2C3CC2N(C(=O)O)C3)c1C#CCO[Si](C)(C)C(C)(C)C. The summed E-state index contributed by atoms with van der Waals surface area (Å²) in [5, 5.41) is 32.6. The molecule has 3 aromatic carbocycles. The zero-order valence-electron chi connectivity index (χ0n) is 37.3. The highest BCUT2D eigenvalue weighted by atomic mass is 28.4. The second kappa shape index (κ2) is 17.0.